The van der Waals surface area contributed by atoms with Gasteiger partial charge in [0.25, 0.3) is 0 Å². The monoisotopic (exact) mass is 221 g/mol. The van der Waals surface area contributed by atoms with Crippen LogP contribution in [0.4, 0.5) is 10.1 Å². The number of anilines is 1. The van der Waals surface area contributed by atoms with Gasteiger partial charge in [0.2, 0.25) is 0 Å². The van der Waals surface area contributed by atoms with Crippen molar-refractivity contribution in [2.75, 3.05) is 5.73 Å². The normalized spacial score (nSPS) is 18.3. The third-order valence-corrected chi connectivity index (χ3v) is 3.59. The fourth-order valence-corrected chi connectivity index (χ4v) is 2.63. The molecule has 2 heteroatoms. The van der Waals surface area contributed by atoms with Crippen LogP contribution in [0.5, 0.6) is 0 Å². The van der Waals surface area contributed by atoms with Crippen molar-refractivity contribution in [3.8, 4) is 0 Å². The van der Waals surface area contributed by atoms with Crippen LogP contribution >= 0.6 is 0 Å². The Labute approximate surface area is 96.9 Å². The van der Waals surface area contributed by atoms with Crippen LogP contribution in [-0.4, -0.2) is 0 Å². The molecule has 0 spiro atoms. The summed E-state index contributed by atoms with van der Waals surface area (Å²) in [6, 6.07) is 4.72. The standard InChI is InChI=1S/C14H20FN/c15-13-7-8-14(16)12(10-13)9-11-5-3-1-2-4-6-11/h7-8,10-11H,1-6,9,16H2. The lowest BCUT2D eigenvalue weighted by molar-refractivity contribution is 0.457. The molecule has 0 atom stereocenters. The second-order valence-corrected chi connectivity index (χ2v) is 4.90. The van der Waals surface area contributed by atoms with Gasteiger partial charge in [0.1, 0.15) is 5.82 Å². The van der Waals surface area contributed by atoms with Gasteiger partial charge in [0, 0.05) is 5.69 Å². The van der Waals surface area contributed by atoms with Gasteiger partial charge in [-0.3, -0.25) is 0 Å². The lowest BCUT2D eigenvalue weighted by atomic mass is 9.92. The Morgan fingerprint density at radius 1 is 1.12 bits per heavy atom. The van der Waals surface area contributed by atoms with E-state index in [4.69, 9.17) is 5.73 Å². The van der Waals surface area contributed by atoms with Crippen molar-refractivity contribution in [3.05, 3.63) is 29.6 Å². The van der Waals surface area contributed by atoms with Crippen molar-refractivity contribution in [2.24, 2.45) is 5.92 Å². The molecule has 16 heavy (non-hydrogen) atoms. The molecule has 2 rings (SSSR count). The zero-order valence-corrected chi connectivity index (χ0v) is 9.71. The number of hydrogen-bond acceptors (Lipinski definition) is 1. The van der Waals surface area contributed by atoms with Crippen molar-refractivity contribution >= 4 is 5.69 Å². The van der Waals surface area contributed by atoms with Gasteiger partial charge in [0.05, 0.1) is 0 Å². The molecular weight excluding hydrogens is 201 g/mol. The fourth-order valence-electron chi connectivity index (χ4n) is 2.63. The van der Waals surface area contributed by atoms with Crippen molar-refractivity contribution in [3.63, 3.8) is 0 Å². The summed E-state index contributed by atoms with van der Waals surface area (Å²) in [4.78, 5) is 0. The molecule has 2 N–H and O–H groups in total. The molecule has 0 aromatic heterocycles. The molecule has 1 saturated carbocycles. The van der Waals surface area contributed by atoms with Gasteiger partial charge in [0.15, 0.2) is 0 Å². The van der Waals surface area contributed by atoms with Crippen molar-refractivity contribution in [1.29, 1.82) is 0 Å². The highest BCUT2D eigenvalue weighted by Crippen LogP contribution is 2.28. The second kappa shape index (κ2) is 5.33. The first-order valence-corrected chi connectivity index (χ1v) is 6.29. The maximum Gasteiger partial charge on any atom is 0.123 e. The number of halogens is 1. The van der Waals surface area contributed by atoms with Gasteiger partial charge in [-0.15, -0.1) is 0 Å². The Bertz CT molecular complexity index is 341. The minimum Gasteiger partial charge on any atom is -0.399 e. The maximum absolute atomic E-state index is 13.1. The summed E-state index contributed by atoms with van der Waals surface area (Å²) in [7, 11) is 0. The molecule has 0 bridgehead atoms. The van der Waals surface area contributed by atoms with Crippen molar-refractivity contribution in [1.82, 2.24) is 0 Å². The second-order valence-electron chi connectivity index (χ2n) is 4.90. The Kier molecular flexibility index (Phi) is 3.81. The third kappa shape index (κ3) is 2.97. The summed E-state index contributed by atoms with van der Waals surface area (Å²) in [5.41, 5.74) is 7.61. The predicted octanol–water partition coefficient (Wildman–Crippen LogP) is 3.92. The number of benzene rings is 1. The summed E-state index contributed by atoms with van der Waals surface area (Å²) in [5, 5.41) is 0. The Hall–Kier alpha value is -1.05. The topological polar surface area (TPSA) is 26.0 Å². The van der Waals surface area contributed by atoms with Gasteiger partial charge in [-0.05, 0) is 36.1 Å². The summed E-state index contributed by atoms with van der Waals surface area (Å²) in [5.74, 6) is 0.532. The maximum atomic E-state index is 13.1. The zero-order valence-electron chi connectivity index (χ0n) is 9.71. The van der Waals surface area contributed by atoms with E-state index in [9.17, 15) is 4.39 Å². The van der Waals surface area contributed by atoms with Crippen LogP contribution in [0.15, 0.2) is 18.2 Å². The van der Waals surface area contributed by atoms with Gasteiger partial charge in [-0.1, -0.05) is 38.5 Å². The van der Waals surface area contributed by atoms with E-state index in [0.29, 0.717) is 5.92 Å². The van der Waals surface area contributed by atoms with Gasteiger partial charge in [-0.2, -0.15) is 0 Å². The van der Waals surface area contributed by atoms with E-state index in [1.165, 1.54) is 44.6 Å². The van der Waals surface area contributed by atoms with Crippen LogP contribution < -0.4 is 5.73 Å². The average molecular weight is 221 g/mol. The highest BCUT2D eigenvalue weighted by atomic mass is 19.1. The van der Waals surface area contributed by atoms with Gasteiger partial charge < -0.3 is 5.73 Å². The first-order chi connectivity index (χ1) is 7.75. The summed E-state index contributed by atoms with van der Waals surface area (Å²) in [6.07, 6.45) is 8.85. The molecule has 0 heterocycles. The Balaban J connectivity index is 2.04. The molecular formula is C14H20FN. The average Bonchev–Trinajstić information content (AvgIpc) is 2.52. The molecule has 1 aliphatic rings. The van der Waals surface area contributed by atoms with E-state index in [0.717, 1.165) is 17.7 Å². The predicted molar refractivity (Wildman–Crippen MR) is 65.7 cm³/mol. The first kappa shape index (κ1) is 11.4. The van der Waals surface area contributed by atoms with E-state index in [1.807, 2.05) is 0 Å². The minimum absolute atomic E-state index is 0.169. The fraction of sp³-hybridized carbons (Fsp3) is 0.571. The number of rotatable bonds is 2. The van der Waals surface area contributed by atoms with Crippen LogP contribution in [0.1, 0.15) is 44.1 Å². The lowest BCUT2D eigenvalue weighted by Gasteiger charge is -2.15. The van der Waals surface area contributed by atoms with Crippen LogP contribution in [0.2, 0.25) is 0 Å². The van der Waals surface area contributed by atoms with E-state index < -0.39 is 0 Å². The zero-order chi connectivity index (χ0) is 11.4. The summed E-state index contributed by atoms with van der Waals surface area (Å²) < 4.78 is 13.1. The van der Waals surface area contributed by atoms with Crippen LogP contribution in [-0.2, 0) is 6.42 Å². The summed E-state index contributed by atoms with van der Waals surface area (Å²) >= 11 is 0. The molecule has 0 aliphatic heterocycles. The Morgan fingerprint density at radius 3 is 2.50 bits per heavy atom. The van der Waals surface area contributed by atoms with Crippen LogP contribution in [0.25, 0.3) is 0 Å². The van der Waals surface area contributed by atoms with Crippen molar-refractivity contribution in [2.45, 2.75) is 44.9 Å². The smallest absolute Gasteiger partial charge is 0.123 e. The highest BCUT2D eigenvalue weighted by Gasteiger charge is 2.14. The molecule has 1 nitrogen and oxygen atoms in total. The molecule has 1 aromatic carbocycles. The molecule has 1 aromatic rings. The molecule has 0 unspecified atom stereocenters. The van der Waals surface area contributed by atoms with E-state index in [-0.39, 0.29) is 5.82 Å². The summed E-state index contributed by atoms with van der Waals surface area (Å²) in [6.45, 7) is 0. The number of nitrogens with two attached hydrogens (primary N) is 1. The van der Waals surface area contributed by atoms with E-state index >= 15 is 0 Å². The van der Waals surface area contributed by atoms with Crippen LogP contribution in [0.3, 0.4) is 0 Å². The molecule has 1 aliphatic carbocycles. The largest absolute Gasteiger partial charge is 0.399 e. The SMILES string of the molecule is Nc1ccc(F)cc1CC1CCCCCC1. The Morgan fingerprint density at radius 2 is 1.81 bits per heavy atom. The molecule has 1 fully saturated rings. The molecule has 0 amide bonds. The van der Waals surface area contributed by atoms with Gasteiger partial charge in [-0.25, -0.2) is 4.39 Å². The first-order valence-electron chi connectivity index (χ1n) is 6.29. The van der Waals surface area contributed by atoms with E-state index in [1.54, 1.807) is 12.1 Å². The quantitative estimate of drug-likeness (QED) is 0.594. The van der Waals surface area contributed by atoms with E-state index in [2.05, 4.69) is 0 Å². The minimum atomic E-state index is -0.169. The van der Waals surface area contributed by atoms with Gasteiger partial charge >= 0.3 is 0 Å². The van der Waals surface area contributed by atoms with Crippen LogP contribution in [0, 0.1) is 11.7 Å². The molecule has 0 saturated heterocycles. The lowest BCUT2D eigenvalue weighted by Crippen LogP contribution is -2.06. The number of hydrogen-bond donors (Lipinski definition) is 1. The number of nitrogen functional groups attached to an aromatic ring is 1. The highest BCUT2D eigenvalue weighted by molar-refractivity contribution is 5.46. The van der Waals surface area contributed by atoms with Crippen molar-refractivity contribution < 1.29 is 4.39 Å². The third-order valence-electron chi connectivity index (χ3n) is 3.59. The molecule has 0 radical (unpaired) electrons. The molecule has 88 valence electrons.